The molecule has 2 aromatic carbocycles. The Morgan fingerprint density at radius 1 is 1.00 bits per heavy atom. The van der Waals surface area contributed by atoms with Crippen LogP contribution in [0.15, 0.2) is 66.8 Å². The highest BCUT2D eigenvalue weighted by molar-refractivity contribution is 5.45. The van der Waals surface area contributed by atoms with Gasteiger partial charge in [-0.3, -0.25) is 4.90 Å². The molecule has 0 spiro atoms. The number of phenols is 1. The van der Waals surface area contributed by atoms with Gasteiger partial charge in [0.25, 0.3) is 0 Å². The lowest BCUT2D eigenvalue weighted by molar-refractivity contribution is 0.237. The molecular weight excluding hydrogens is 382 g/mol. The minimum atomic E-state index is 0.351. The van der Waals surface area contributed by atoms with E-state index in [1.165, 1.54) is 42.6 Å². The summed E-state index contributed by atoms with van der Waals surface area (Å²) in [5.41, 5.74) is 4.02. The maximum absolute atomic E-state index is 10.0. The minimum Gasteiger partial charge on any atom is -0.508 e. The lowest BCUT2D eigenvalue weighted by atomic mass is 9.66. The van der Waals surface area contributed by atoms with Gasteiger partial charge in [0.05, 0.1) is 0 Å². The highest BCUT2D eigenvalue weighted by Gasteiger charge is 2.35. The van der Waals surface area contributed by atoms with Crippen molar-refractivity contribution >= 4 is 0 Å². The number of ether oxygens (including phenoxy) is 1. The van der Waals surface area contributed by atoms with E-state index < -0.39 is 0 Å². The molecule has 3 nitrogen and oxygen atoms in total. The number of aryl methyl sites for hydroxylation is 1. The molecule has 1 fully saturated rings. The quantitative estimate of drug-likeness (QED) is 0.657. The number of nitrogens with zero attached hydrogens (tertiary/aromatic N) is 1. The fourth-order valence-electron chi connectivity index (χ4n) is 5.71. The molecule has 3 aliphatic rings. The summed E-state index contributed by atoms with van der Waals surface area (Å²) in [5, 5.41) is 10.0. The van der Waals surface area contributed by atoms with Gasteiger partial charge in [-0.15, -0.1) is 0 Å². The molecule has 2 aromatic rings. The number of hydrogen-bond donors (Lipinski definition) is 1. The topological polar surface area (TPSA) is 32.7 Å². The second kappa shape index (κ2) is 9.32. The zero-order chi connectivity index (χ0) is 21.0. The molecular formula is C28H33NO2. The van der Waals surface area contributed by atoms with Gasteiger partial charge in [0.2, 0.25) is 0 Å². The lowest BCUT2D eigenvalue weighted by Crippen LogP contribution is -2.28. The van der Waals surface area contributed by atoms with Crippen LogP contribution in [-0.2, 0) is 6.42 Å². The van der Waals surface area contributed by atoms with Gasteiger partial charge in [0.1, 0.15) is 18.1 Å². The first-order chi connectivity index (χ1) is 15.3. The van der Waals surface area contributed by atoms with Crippen LogP contribution in [0.4, 0.5) is 0 Å². The molecule has 3 heteroatoms. The monoisotopic (exact) mass is 415 g/mol. The number of phenolic OH excluding ortho intramolecular Hbond substituents is 1. The summed E-state index contributed by atoms with van der Waals surface area (Å²) in [4.78, 5) is 2.49. The molecule has 1 aliphatic heterocycles. The van der Waals surface area contributed by atoms with E-state index >= 15 is 0 Å². The van der Waals surface area contributed by atoms with Crippen molar-refractivity contribution in [2.24, 2.45) is 11.8 Å². The van der Waals surface area contributed by atoms with Gasteiger partial charge in [0.15, 0.2) is 0 Å². The van der Waals surface area contributed by atoms with Crippen LogP contribution in [0.5, 0.6) is 11.5 Å². The molecule has 0 radical (unpaired) electrons. The second-order valence-electron chi connectivity index (χ2n) is 9.24. The van der Waals surface area contributed by atoms with E-state index in [2.05, 4.69) is 59.5 Å². The standard InChI is InChI=1S/C28H33NO2/c30-24-11-15-27-23(20-24)10-14-26(21-6-2-1-3-7-21)28(27)22-8-12-25(13-9-22)31-19-18-29-16-4-5-17-29/h1-3,6,8-9,11-13,15,20-21,26,28,30H,4-5,7,10,14,16-19H2. The van der Waals surface area contributed by atoms with Crippen molar-refractivity contribution in [1.29, 1.82) is 0 Å². The van der Waals surface area contributed by atoms with E-state index in [1.807, 2.05) is 12.1 Å². The van der Waals surface area contributed by atoms with Crippen molar-refractivity contribution in [1.82, 2.24) is 4.90 Å². The Balaban J connectivity index is 1.36. The molecule has 2 aliphatic carbocycles. The largest absolute Gasteiger partial charge is 0.508 e. The third-order valence-electron chi connectivity index (χ3n) is 7.31. The molecule has 3 unspecified atom stereocenters. The summed E-state index contributed by atoms with van der Waals surface area (Å²) in [6.45, 7) is 4.20. The summed E-state index contributed by atoms with van der Waals surface area (Å²) in [6, 6.07) is 14.7. The Labute approximate surface area is 186 Å². The summed E-state index contributed by atoms with van der Waals surface area (Å²) in [6.07, 6.45) is 15.0. The molecule has 0 amide bonds. The van der Waals surface area contributed by atoms with Crippen LogP contribution in [-0.4, -0.2) is 36.2 Å². The highest BCUT2D eigenvalue weighted by Crippen LogP contribution is 2.47. The Hall–Kier alpha value is -2.52. The summed E-state index contributed by atoms with van der Waals surface area (Å²) >= 11 is 0. The van der Waals surface area contributed by atoms with Crippen molar-refractivity contribution in [3.63, 3.8) is 0 Å². The molecule has 0 aromatic heterocycles. The number of aromatic hydroxyl groups is 1. The molecule has 3 atom stereocenters. The summed E-state index contributed by atoms with van der Waals surface area (Å²) in [5.74, 6) is 2.82. The van der Waals surface area contributed by atoms with Gasteiger partial charge in [-0.1, -0.05) is 42.5 Å². The minimum absolute atomic E-state index is 0.351. The molecule has 1 N–H and O–H groups in total. The number of benzene rings is 2. The van der Waals surface area contributed by atoms with Gasteiger partial charge in [0, 0.05) is 12.5 Å². The first-order valence-electron chi connectivity index (χ1n) is 11.9. The van der Waals surface area contributed by atoms with Crippen LogP contribution in [0.25, 0.3) is 0 Å². The fraction of sp³-hybridized carbons (Fsp3) is 0.429. The van der Waals surface area contributed by atoms with Crippen LogP contribution >= 0.6 is 0 Å². The average molecular weight is 416 g/mol. The van der Waals surface area contributed by atoms with E-state index in [0.717, 1.165) is 38.2 Å². The summed E-state index contributed by atoms with van der Waals surface area (Å²) < 4.78 is 6.04. The fourth-order valence-corrected chi connectivity index (χ4v) is 5.71. The summed E-state index contributed by atoms with van der Waals surface area (Å²) in [7, 11) is 0. The Morgan fingerprint density at radius 3 is 2.61 bits per heavy atom. The predicted octanol–water partition coefficient (Wildman–Crippen LogP) is 5.69. The zero-order valence-corrected chi connectivity index (χ0v) is 18.2. The van der Waals surface area contributed by atoms with E-state index in [1.54, 1.807) is 0 Å². The number of likely N-dealkylation sites (tertiary alicyclic amines) is 1. The van der Waals surface area contributed by atoms with E-state index in [-0.39, 0.29) is 0 Å². The second-order valence-corrected chi connectivity index (χ2v) is 9.24. The Morgan fingerprint density at radius 2 is 1.84 bits per heavy atom. The van der Waals surface area contributed by atoms with Crippen LogP contribution in [0, 0.1) is 11.8 Å². The molecule has 162 valence electrons. The lowest BCUT2D eigenvalue weighted by Gasteiger charge is -2.38. The van der Waals surface area contributed by atoms with Crippen molar-refractivity contribution < 1.29 is 9.84 Å². The first-order valence-corrected chi connectivity index (χ1v) is 11.9. The third kappa shape index (κ3) is 4.57. The van der Waals surface area contributed by atoms with Gasteiger partial charge >= 0.3 is 0 Å². The van der Waals surface area contributed by atoms with Crippen LogP contribution in [0.3, 0.4) is 0 Å². The number of hydrogen-bond acceptors (Lipinski definition) is 3. The number of allylic oxidation sites excluding steroid dienone is 4. The van der Waals surface area contributed by atoms with E-state index in [9.17, 15) is 5.11 Å². The Bertz CT molecular complexity index is 940. The van der Waals surface area contributed by atoms with Crippen LogP contribution < -0.4 is 4.74 Å². The van der Waals surface area contributed by atoms with Gasteiger partial charge in [-0.05, 0) is 98.0 Å². The predicted molar refractivity (Wildman–Crippen MR) is 126 cm³/mol. The molecule has 1 heterocycles. The molecule has 1 saturated heterocycles. The van der Waals surface area contributed by atoms with Crippen molar-refractivity contribution in [2.75, 3.05) is 26.2 Å². The van der Waals surface area contributed by atoms with E-state index in [4.69, 9.17) is 4.74 Å². The van der Waals surface area contributed by atoms with Gasteiger partial charge in [-0.25, -0.2) is 0 Å². The third-order valence-corrected chi connectivity index (χ3v) is 7.31. The highest BCUT2D eigenvalue weighted by atomic mass is 16.5. The molecule has 31 heavy (non-hydrogen) atoms. The number of fused-ring (bicyclic) bond motifs is 1. The first kappa shape index (κ1) is 20.4. The molecule has 0 bridgehead atoms. The SMILES string of the molecule is Oc1ccc2c(c1)CCC(C1C=CC=CC1)C2c1ccc(OCCN2CCCC2)cc1. The van der Waals surface area contributed by atoms with Crippen molar-refractivity contribution in [3.8, 4) is 11.5 Å². The average Bonchev–Trinajstić information content (AvgIpc) is 3.33. The zero-order valence-electron chi connectivity index (χ0n) is 18.2. The normalized spacial score (nSPS) is 25.5. The maximum atomic E-state index is 10.0. The van der Waals surface area contributed by atoms with E-state index in [0.29, 0.717) is 23.5 Å². The van der Waals surface area contributed by atoms with Crippen LogP contribution in [0.1, 0.15) is 48.3 Å². The maximum Gasteiger partial charge on any atom is 0.119 e. The molecule has 5 rings (SSSR count). The van der Waals surface area contributed by atoms with Gasteiger partial charge in [-0.2, -0.15) is 0 Å². The van der Waals surface area contributed by atoms with Crippen molar-refractivity contribution in [3.05, 3.63) is 83.5 Å². The van der Waals surface area contributed by atoms with Crippen molar-refractivity contribution in [2.45, 2.75) is 38.0 Å². The van der Waals surface area contributed by atoms with Gasteiger partial charge < -0.3 is 9.84 Å². The number of rotatable bonds is 6. The Kier molecular flexibility index (Phi) is 6.13. The van der Waals surface area contributed by atoms with Crippen LogP contribution in [0.2, 0.25) is 0 Å². The molecule has 0 saturated carbocycles. The smallest absolute Gasteiger partial charge is 0.119 e.